The van der Waals surface area contributed by atoms with Gasteiger partial charge in [-0.1, -0.05) is 22.9 Å². The Labute approximate surface area is 141 Å². The maximum absolute atomic E-state index is 13.2. The molecular weight excluding hydrogens is 339 g/mol. The van der Waals surface area contributed by atoms with E-state index in [2.05, 4.69) is 15.6 Å². The van der Waals surface area contributed by atoms with Crippen LogP contribution in [-0.2, 0) is 16.8 Å². The third kappa shape index (κ3) is 3.38. The highest BCUT2D eigenvalue weighted by molar-refractivity contribution is 6.31. The number of carbonyl (C=O) groups is 2. The van der Waals surface area contributed by atoms with Crippen molar-refractivity contribution in [1.29, 1.82) is 0 Å². The number of benzene rings is 1. The van der Waals surface area contributed by atoms with Crippen LogP contribution in [0.2, 0.25) is 5.02 Å². The van der Waals surface area contributed by atoms with E-state index in [1.54, 1.807) is 6.07 Å². The van der Waals surface area contributed by atoms with Gasteiger partial charge in [-0.25, -0.2) is 13.9 Å². The lowest BCUT2D eigenvalue weighted by Gasteiger charge is -2.18. The molecule has 0 radical (unpaired) electrons. The predicted octanol–water partition coefficient (Wildman–Crippen LogP) is 1.62. The highest BCUT2D eigenvalue weighted by Crippen LogP contribution is 2.50. The average molecular weight is 353 g/mol. The minimum absolute atomic E-state index is 0.131. The van der Waals surface area contributed by atoms with Crippen LogP contribution >= 0.6 is 11.6 Å². The van der Waals surface area contributed by atoms with E-state index in [1.807, 2.05) is 0 Å². The van der Waals surface area contributed by atoms with Crippen LogP contribution in [0.1, 0.15) is 28.9 Å². The fourth-order valence-corrected chi connectivity index (χ4v) is 2.92. The molecule has 1 amide bonds. The molecule has 9 heteroatoms. The van der Waals surface area contributed by atoms with Gasteiger partial charge in [0.25, 0.3) is 0 Å². The summed E-state index contributed by atoms with van der Waals surface area (Å²) in [7, 11) is 0. The number of nitrogens with one attached hydrogen (secondary N) is 1. The molecule has 1 aromatic carbocycles. The second-order valence-corrected chi connectivity index (χ2v) is 6.19. The van der Waals surface area contributed by atoms with Crippen LogP contribution in [-0.4, -0.2) is 38.5 Å². The van der Waals surface area contributed by atoms with E-state index >= 15 is 0 Å². The van der Waals surface area contributed by atoms with Crippen molar-refractivity contribution < 1.29 is 19.1 Å². The second kappa shape index (κ2) is 6.20. The number of halogens is 2. The second-order valence-electron chi connectivity index (χ2n) is 5.79. The molecule has 0 spiro atoms. The standard InChI is InChI=1S/C15H14ClFN4O3/c16-11-5-9(17)1-2-10(11)15(3-4-15)8-18-13(22)7-21-6-12(14(23)24)19-20-21/h1-2,5-6H,3-4,7-8H2,(H,18,22)(H,23,24). The number of carboxylic acids is 1. The Balaban J connectivity index is 1.60. The van der Waals surface area contributed by atoms with Crippen LogP contribution in [0, 0.1) is 5.82 Å². The van der Waals surface area contributed by atoms with Gasteiger partial charge in [0.1, 0.15) is 12.4 Å². The maximum Gasteiger partial charge on any atom is 0.358 e. The van der Waals surface area contributed by atoms with Crippen molar-refractivity contribution >= 4 is 23.5 Å². The minimum atomic E-state index is -1.20. The van der Waals surface area contributed by atoms with Gasteiger partial charge in [0.2, 0.25) is 5.91 Å². The first-order chi connectivity index (χ1) is 11.4. The number of carboxylic acid groups (broad SMARTS) is 1. The molecule has 2 aromatic rings. The van der Waals surface area contributed by atoms with Crippen LogP contribution in [0.25, 0.3) is 0 Å². The summed E-state index contributed by atoms with van der Waals surface area (Å²) < 4.78 is 14.3. The molecule has 0 saturated heterocycles. The Morgan fingerprint density at radius 1 is 1.42 bits per heavy atom. The topological polar surface area (TPSA) is 97.1 Å². The molecule has 1 aliphatic rings. The van der Waals surface area contributed by atoms with Crippen LogP contribution in [0.15, 0.2) is 24.4 Å². The summed E-state index contributed by atoms with van der Waals surface area (Å²) in [6.07, 6.45) is 2.89. The number of rotatable bonds is 6. The van der Waals surface area contributed by atoms with Gasteiger partial charge < -0.3 is 10.4 Å². The molecule has 7 nitrogen and oxygen atoms in total. The first-order valence-corrected chi connectivity index (χ1v) is 7.63. The molecule has 3 rings (SSSR count). The Morgan fingerprint density at radius 3 is 2.75 bits per heavy atom. The van der Waals surface area contributed by atoms with E-state index in [-0.39, 0.29) is 23.6 Å². The van der Waals surface area contributed by atoms with Gasteiger partial charge >= 0.3 is 5.97 Å². The Bertz CT molecular complexity index is 804. The highest BCUT2D eigenvalue weighted by Gasteiger charge is 2.45. The normalized spacial score (nSPS) is 15.1. The van der Waals surface area contributed by atoms with Gasteiger partial charge in [-0.2, -0.15) is 0 Å². The molecular formula is C15H14ClFN4O3. The summed E-state index contributed by atoms with van der Waals surface area (Å²) >= 11 is 6.10. The molecule has 0 atom stereocenters. The summed E-state index contributed by atoms with van der Waals surface area (Å²) in [6.45, 7) is 0.241. The van der Waals surface area contributed by atoms with Gasteiger partial charge in [-0.05, 0) is 30.5 Å². The summed E-state index contributed by atoms with van der Waals surface area (Å²) in [5, 5.41) is 18.9. The number of amides is 1. The molecule has 126 valence electrons. The number of nitrogens with zero attached hydrogens (tertiary/aromatic N) is 3. The monoisotopic (exact) mass is 352 g/mol. The minimum Gasteiger partial charge on any atom is -0.476 e. The van der Waals surface area contributed by atoms with Gasteiger partial charge in [0.15, 0.2) is 5.69 Å². The largest absolute Gasteiger partial charge is 0.476 e. The number of aromatic carboxylic acids is 1. The van der Waals surface area contributed by atoms with Crippen molar-refractivity contribution in [3.05, 3.63) is 46.5 Å². The molecule has 2 N–H and O–H groups in total. The third-order valence-corrected chi connectivity index (χ3v) is 4.36. The zero-order valence-corrected chi connectivity index (χ0v) is 13.3. The SMILES string of the molecule is O=C(Cn1cc(C(=O)O)nn1)NCC1(c2ccc(F)cc2Cl)CC1. The van der Waals surface area contributed by atoms with E-state index in [9.17, 15) is 14.0 Å². The van der Waals surface area contributed by atoms with Crippen molar-refractivity contribution in [3.63, 3.8) is 0 Å². The lowest BCUT2D eigenvalue weighted by Crippen LogP contribution is -2.34. The zero-order valence-electron chi connectivity index (χ0n) is 12.5. The molecule has 0 unspecified atom stereocenters. The fraction of sp³-hybridized carbons (Fsp3) is 0.333. The van der Waals surface area contributed by atoms with Crippen LogP contribution in [0.4, 0.5) is 4.39 Å². The van der Waals surface area contributed by atoms with Crippen molar-refractivity contribution in [2.75, 3.05) is 6.54 Å². The summed E-state index contributed by atoms with van der Waals surface area (Å²) in [6, 6.07) is 4.26. The molecule has 0 aliphatic heterocycles. The average Bonchev–Trinajstić information content (AvgIpc) is 3.15. The van der Waals surface area contributed by atoms with Crippen molar-refractivity contribution in [3.8, 4) is 0 Å². The first-order valence-electron chi connectivity index (χ1n) is 7.25. The van der Waals surface area contributed by atoms with Gasteiger partial charge in [0, 0.05) is 17.0 Å². The van der Waals surface area contributed by atoms with E-state index in [4.69, 9.17) is 16.7 Å². The van der Waals surface area contributed by atoms with Crippen LogP contribution in [0.3, 0.4) is 0 Å². The number of hydrogen-bond donors (Lipinski definition) is 2. The van der Waals surface area contributed by atoms with Crippen LogP contribution in [0.5, 0.6) is 0 Å². The lowest BCUT2D eigenvalue weighted by atomic mass is 9.95. The van der Waals surface area contributed by atoms with Crippen LogP contribution < -0.4 is 5.32 Å². The molecule has 24 heavy (non-hydrogen) atoms. The Kier molecular flexibility index (Phi) is 4.23. The van der Waals surface area contributed by atoms with E-state index in [0.717, 1.165) is 23.1 Å². The van der Waals surface area contributed by atoms with Gasteiger partial charge in [0.05, 0.1) is 6.20 Å². The fourth-order valence-electron chi connectivity index (χ4n) is 2.56. The zero-order chi connectivity index (χ0) is 17.3. The molecule has 1 fully saturated rings. The lowest BCUT2D eigenvalue weighted by molar-refractivity contribution is -0.122. The summed E-state index contributed by atoms with van der Waals surface area (Å²) in [4.78, 5) is 22.7. The molecule has 1 heterocycles. The highest BCUT2D eigenvalue weighted by atomic mass is 35.5. The van der Waals surface area contributed by atoms with Crippen molar-refractivity contribution in [1.82, 2.24) is 20.3 Å². The maximum atomic E-state index is 13.2. The van der Waals surface area contributed by atoms with Gasteiger partial charge in [-0.15, -0.1) is 5.10 Å². The Morgan fingerprint density at radius 2 is 2.17 bits per heavy atom. The number of carbonyl (C=O) groups excluding carboxylic acids is 1. The van der Waals surface area contributed by atoms with E-state index in [0.29, 0.717) is 11.6 Å². The number of hydrogen-bond acceptors (Lipinski definition) is 4. The molecule has 1 aromatic heterocycles. The smallest absolute Gasteiger partial charge is 0.358 e. The van der Waals surface area contributed by atoms with Crippen molar-refractivity contribution in [2.45, 2.75) is 24.8 Å². The quantitative estimate of drug-likeness (QED) is 0.823. The summed E-state index contributed by atoms with van der Waals surface area (Å²) in [5.41, 5.74) is 0.328. The predicted molar refractivity (Wildman–Crippen MR) is 82.3 cm³/mol. The first kappa shape index (κ1) is 16.4. The third-order valence-electron chi connectivity index (χ3n) is 4.04. The molecule has 1 saturated carbocycles. The molecule has 0 bridgehead atoms. The van der Waals surface area contributed by atoms with E-state index < -0.39 is 11.8 Å². The molecule has 1 aliphatic carbocycles. The van der Waals surface area contributed by atoms with Gasteiger partial charge in [-0.3, -0.25) is 4.79 Å². The van der Waals surface area contributed by atoms with Crippen molar-refractivity contribution in [2.24, 2.45) is 0 Å². The number of aromatic nitrogens is 3. The van der Waals surface area contributed by atoms with E-state index in [1.165, 1.54) is 18.3 Å². The Hall–Kier alpha value is -2.48. The summed E-state index contributed by atoms with van der Waals surface area (Å²) in [5.74, 6) is -1.92.